The average molecular weight is 542 g/mol. The Balaban J connectivity index is 1.56. The first-order valence-corrected chi connectivity index (χ1v) is 14.8. The molecule has 6 heteroatoms. The lowest BCUT2D eigenvalue weighted by atomic mass is 9.87. The van der Waals surface area contributed by atoms with Crippen LogP contribution in [0.4, 0.5) is 0 Å². The summed E-state index contributed by atoms with van der Waals surface area (Å²) < 4.78 is 0. The summed E-state index contributed by atoms with van der Waals surface area (Å²) in [6.45, 7) is 7.58. The molecule has 1 heterocycles. The minimum atomic E-state index is -0.578. The lowest BCUT2D eigenvalue weighted by molar-refractivity contribution is -0.138. The van der Waals surface area contributed by atoms with E-state index in [1.54, 1.807) is 9.80 Å². The number of amides is 3. The maximum Gasteiger partial charge on any atom is 0.251 e. The molecule has 1 atom stereocenters. The normalized spacial score (nSPS) is 17.6. The molecule has 0 saturated carbocycles. The van der Waals surface area contributed by atoms with Gasteiger partial charge in [0, 0.05) is 37.3 Å². The second kappa shape index (κ2) is 14.1. The van der Waals surface area contributed by atoms with E-state index in [0.717, 1.165) is 36.1 Å². The van der Waals surface area contributed by atoms with Crippen LogP contribution in [0.3, 0.4) is 0 Å². The van der Waals surface area contributed by atoms with Gasteiger partial charge in [0.1, 0.15) is 0 Å². The minimum absolute atomic E-state index is 0.0336. The second-order valence-electron chi connectivity index (χ2n) is 10.8. The molecule has 212 valence electrons. The number of likely N-dealkylation sites (N-methyl/N-ethyl adjacent to an activating group) is 1. The number of rotatable bonds is 11. The molecule has 4 rings (SSSR count). The lowest BCUT2D eigenvalue weighted by Gasteiger charge is -2.36. The molecule has 2 aromatic carbocycles. The first kappa shape index (κ1) is 29.3. The summed E-state index contributed by atoms with van der Waals surface area (Å²) in [6.07, 6.45) is 8.00. The van der Waals surface area contributed by atoms with Crippen LogP contribution >= 0.6 is 0 Å². The van der Waals surface area contributed by atoms with Crippen LogP contribution in [0.1, 0.15) is 82.9 Å². The number of allylic oxidation sites excluding steroid dienone is 2. The van der Waals surface area contributed by atoms with Gasteiger partial charge in [-0.1, -0.05) is 72.3 Å². The zero-order valence-corrected chi connectivity index (χ0v) is 24.2. The van der Waals surface area contributed by atoms with Crippen LogP contribution in [0.2, 0.25) is 0 Å². The highest BCUT2D eigenvalue weighted by Gasteiger charge is 2.37. The Labute approximate surface area is 239 Å². The fourth-order valence-electron chi connectivity index (χ4n) is 5.89. The van der Waals surface area contributed by atoms with Crippen molar-refractivity contribution >= 4 is 17.7 Å². The Morgan fingerprint density at radius 3 is 2.15 bits per heavy atom. The van der Waals surface area contributed by atoms with E-state index in [-0.39, 0.29) is 36.6 Å². The molecule has 1 aliphatic carbocycles. The van der Waals surface area contributed by atoms with Crippen LogP contribution in [-0.2, 0) is 14.4 Å². The SMILES string of the molecule is CCN(CC)C(=O)C1=C(C)N(CCC2=CCCCC2)C(=O)C(CC(=O)NC(c2ccccc2)c2ccccc2)C1. The number of nitrogens with one attached hydrogen (secondary N) is 1. The molecule has 3 amide bonds. The van der Waals surface area contributed by atoms with Crippen molar-refractivity contribution in [1.29, 1.82) is 0 Å². The van der Waals surface area contributed by atoms with Gasteiger partial charge in [-0.05, 0) is 70.4 Å². The molecule has 0 aromatic heterocycles. The van der Waals surface area contributed by atoms with Crippen LogP contribution in [0.25, 0.3) is 0 Å². The third-order valence-electron chi connectivity index (χ3n) is 8.26. The molecular formula is C34H43N3O3. The Morgan fingerprint density at radius 1 is 0.975 bits per heavy atom. The highest BCUT2D eigenvalue weighted by molar-refractivity contribution is 5.98. The smallest absolute Gasteiger partial charge is 0.251 e. The topological polar surface area (TPSA) is 69.7 Å². The number of benzene rings is 2. The summed E-state index contributed by atoms with van der Waals surface area (Å²) in [5.74, 6) is -0.865. The summed E-state index contributed by atoms with van der Waals surface area (Å²) in [5, 5.41) is 3.19. The molecule has 1 N–H and O–H groups in total. The van der Waals surface area contributed by atoms with Gasteiger partial charge in [0.05, 0.1) is 12.0 Å². The largest absolute Gasteiger partial charge is 0.345 e. The van der Waals surface area contributed by atoms with Crippen molar-refractivity contribution in [1.82, 2.24) is 15.1 Å². The summed E-state index contributed by atoms with van der Waals surface area (Å²) in [7, 11) is 0. The van der Waals surface area contributed by atoms with E-state index >= 15 is 0 Å². The van der Waals surface area contributed by atoms with E-state index in [4.69, 9.17) is 0 Å². The van der Waals surface area contributed by atoms with Crippen molar-refractivity contribution in [3.8, 4) is 0 Å². The van der Waals surface area contributed by atoms with Gasteiger partial charge >= 0.3 is 0 Å². The third-order valence-corrected chi connectivity index (χ3v) is 8.26. The fourth-order valence-corrected chi connectivity index (χ4v) is 5.89. The Bertz CT molecular complexity index is 1190. The summed E-state index contributed by atoms with van der Waals surface area (Å²) in [4.78, 5) is 44.4. The zero-order chi connectivity index (χ0) is 28.5. The van der Waals surface area contributed by atoms with Crippen molar-refractivity contribution < 1.29 is 14.4 Å². The van der Waals surface area contributed by atoms with Gasteiger partial charge in [-0.25, -0.2) is 0 Å². The van der Waals surface area contributed by atoms with Crippen LogP contribution < -0.4 is 5.32 Å². The monoisotopic (exact) mass is 541 g/mol. The van der Waals surface area contributed by atoms with Crippen molar-refractivity contribution in [3.05, 3.63) is 94.7 Å². The Kier molecular flexibility index (Phi) is 10.3. The molecule has 1 unspecified atom stereocenters. The minimum Gasteiger partial charge on any atom is -0.345 e. The molecule has 6 nitrogen and oxygen atoms in total. The number of hydrogen-bond donors (Lipinski definition) is 1. The molecule has 2 aliphatic rings. The van der Waals surface area contributed by atoms with E-state index < -0.39 is 5.92 Å². The quantitative estimate of drug-likeness (QED) is 0.346. The second-order valence-corrected chi connectivity index (χ2v) is 10.8. The average Bonchev–Trinajstić information content (AvgIpc) is 2.99. The number of nitrogens with zero attached hydrogens (tertiary/aromatic N) is 2. The van der Waals surface area contributed by atoms with E-state index in [1.807, 2.05) is 81.4 Å². The molecule has 2 aromatic rings. The van der Waals surface area contributed by atoms with Crippen LogP contribution in [0.15, 0.2) is 83.6 Å². The van der Waals surface area contributed by atoms with Gasteiger partial charge in [0.15, 0.2) is 0 Å². The van der Waals surface area contributed by atoms with E-state index in [9.17, 15) is 14.4 Å². The van der Waals surface area contributed by atoms with Gasteiger partial charge < -0.3 is 15.1 Å². The molecule has 0 saturated heterocycles. The fraction of sp³-hybridized carbons (Fsp3) is 0.441. The van der Waals surface area contributed by atoms with Gasteiger partial charge in [-0.2, -0.15) is 0 Å². The Hall–Kier alpha value is -3.67. The number of carbonyl (C=O) groups is 3. The lowest BCUT2D eigenvalue weighted by Crippen LogP contribution is -2.45. The van der Waals surface area contributed by atoms with Crippen LogP contribution in [-0.4, -0.2) is 47.2 Å². The molecule has 0 radical (unpaired) electrons. The first-order valence-electron chi connectivity index (χ1n) is 14.8. The maximum absolute atomic E-state index is 13.8. The summed E-state index contributed by atoms with van der Waals surface area (Å²) in [5.41, 5.74) is 4.74. The van der Waals surface area contributed by atoms with Gasteiger partial charge in [-0.15, -0.1) is 0 Å². The van der Waals surface area contributed by atoms with Gasteiger partial charge in [0.25, 0.3) is 5.91 Å². The molecule has 0 bridgehead atoms. The van der Waals surface area contributed by atoms with E-state index in [1.165, 1.54) is 18.4 Å². The number of hydrogen-bond acceptors (Lipinski definition) is 3. The molecule has 0 spiro atoms. The molecule has 40 heavy (non-hydrogen) atoms. The Morgan fingerprint density at radius 2 is 1.60 bits per heavy atom. The molecular weight excluding hydrogens is 498 g/mol. The van der Waals surface area contributed by atoms with Crippen LogP contribution in [0, 0.1) is 5.92 Å². The van der Waals surface area contributed by atoms with Crippen molar-refractivity contribution in [3.63, 3.8) is 0 Å². The predicted octanol–water partition coefficient (Wildman–Crippen LogP) is 6.16. The van der Waals surface area contributed by atoms with E-state index in [0.29, 0.717) is 25.2 Å². The van der Waals surface area contributed by atoms with Crippen molar-refractivity contribution in [2.24, 2.45) is 5.92 Å². The third kappa shape index (κ3) is 7.09. The highest BCUT2D eigenvalue weighted by atomic mass is 16.2. The van der Waals surface area contributed by atoms with E-state index in [2.05, 4.69) is 11.4 Å². The molecule has 0 fully saturated rings. The number of carbonyl (C=O) groups excluding carboxylic acids is 3. The molecule has 1 aliphatic heterocycles. The predicted molar refractivity (Wildman–Crippen MR) is 159 cm³/mol. The maximum atomic E-state index is 13.8. The van der Waals surface area contributed by atoms with Crippen molar-refractivity contribution in [2.45, 2.75) is 71.8 Å². The van der Waals surface area contributed by atoms with Gasteiger partial charge in [-0.3, -0.25) is 14.4 Å². The van der Waals surface area contributed by atoms with Crippen LogP contribution in [0.5, 0.6) is 0 Å². The van der Waals surface area contributed by atoms with Gasteiger partial charge in [0.2, 0.25) is 11.8 Å². The van der Waals surface area contributed by atoms with Crippen molar-refractivity contribution in [2.75, 3.05) is 19.6 Å². The zero-order valence-electron chi connectivity index (χ0n) is 24.2. The summed E-state index contributed by atoms with van der Waals surface area (Å²) in [6, 6.07) is 19.4. The highest BCUT2D eigenvalue weighted by Crippen LogP contribution is 2.32. The standard InChI is InChI=1S/C34H43N3O3/c1-4-36(5-2)34(40)30-23-29(33(39)37(25(30)3)22-21-26-15-9-6-10-16-26)24-31(38)35-32(27-17-11-7-12-18-27)28-19-13-8-14-20-28/h7-8,11-15,17-20,29,32H,4-6,9-10,16,21-24H2,1-3H3,(H,35,38). The first-order chi connectivity index (χ1) is 19.4. The summed E-state index contributed by atoms with van der Waals surface area (Å²) >= 11 is 0.